The highest BCUT2D eigenvalue weighted by atomic mass is 35.5. The second kappa shape index (κ2) is 6.68. The second-order valence-corrected chi connectivity index (χ2v) is 4.64. The minimum absolute atomic E-state index is 0.296. The molecule has 0 fully saturated rings. The molecule has 20 heavy (non-hydrogen) atoms. The number of para-hydroxylation sites is 1. The topological polar surface area (TPSA) is 48.4 Å². The van der Waals surface area contributed by atoms with E-state index < -0.39 is 5.97 Å². The number of halogens is 1. The molecule has 0 radical (unpaired) electrons. The number of aromatic nitrogens is 1. The molecule has 0 bridgehead atoms. The Bertz CT molecular complexity index is 628. The van der Waals surface area contributed by atoms with E-state index in [0.717, 1.165) is 22.9 Å². The Morgan fingerprint density at radius 3 is 2.90 bits per heavy atom. The van der Waals surface area contributed by atoms with Crippen molar-refractivity contribution in [3.63, 3.8) is 0 Å². The van der Waals surface area contributed by atoms with Crippen LogP contribution in [0, 0.1) is 0 Å². The van der Waals surface area contributed by atoms with Gasteiger partial charge in [0.05, 0.1) is 29.3 Å². The van der Waals surface area contributed by atoms with E-state index in [0.29, 0.717) is 23.8 Å². The molecule has 1 aromatic carbocycles. The maximum atomic E-state index is 11.8. The van der Waals surface area contributed by atoms with Crippen LogP contribution in [0.4, 0.5) is 0 Å². The summed E-state index contributed by atoms with van der Waals surface area (Å²) in [5.41, 5.74) is 2.13. The summed E-state index contributed by atoms with van der Waals surface area (Å²) in [7, 11) is 1.66. The number of hydrogen-bond donors (Lipinski definition) is 0. The Balaban J connectivity index is 2.49. The third-order valence-corrected chi connectivity index (χ3v) is 3.39. The van der Waals surface area contributed by atoms with Crippen LogP contribution in [-0.4, -0.2) is 31.3 Å². The smallest absolute Gasteiger partial charge is 0.341 e. The normalized spacial score (nSPS) is 10.8. The number of carbonyl (C=O) groups excluding carboxylic acids is 1. The van der Waals surface area contributed by atoms with Gasteiger partial charge in [-0.25, -0.2) is 4.79 Å². The average molecular weight is 294 g/mol. The minimum atomic E-state index is -0.450. The molecular formula is C15H16ClNO3. The van der Waals surface area contributed by atoms with Crippen LogP contribution in [0.1, 0.15) is 22.8 Å². The first kappa shape index (κ1) is 14.8. The van der Waals surface area contributed by atoms with Crippen LogP contribution in [-0.2, 0) is 15.9 Å². The number of rotatable bonds is 5. The molecule has 5 heteroatoms. The molecule has 0 spiro atoms. The van der Waals surface area contributed by atoms with E-state index >= 15 is 0 Å². The Kier molecular flexibility index (Phi) is 4.93. The van der Waals surface area contributed by atoms with E-state index in [9.17, 15) is 4.79 Å². The Morgan fingerprint density at radius 2 is 2.20 bits per heavy atom. The molecule has 0 aliphatic carbocycles. The van der Waals surface area contributed by atoms with Crippen molar-refractivity contribution < 1.29 is 14.3 Å². The van der Waals surface area contributed by atoms with Gasteiger partial charge in [0, 0.05) is 18.7 Å². The summed E-state index contributed by atoms with van der Waals surface area (Å²) in [6, 6.07) is 5.73. The van der Waals surface area contributed by atoms with E-state index in [4.69, 9.17) is 21.1 Å². The van der Waals surface area contributed by atoms with E-state index in [-0.39, 0.29) is 0 Å². The molecule has 0 N–H and O–H groups in total. The standard InChI is InChI=1S/C15H16ClNO3/c1-3-20-15(18)12-9-17-14-10(7-8-19-2)5-4-6-11(14)13(12)16/h4-6,9H,3,7-8H2,1-2H3. The number of ether oxygens (including phenoxy) is 2. The molecule has 0 saturated carbocycles. The molecule has 0 aliphatic heterocycles. The number of benzene rings is 1. The molecular weight excluding hydrogens is 278 g/mol. The zero-order valence-electron chi connectivity index (χ0n) is 11.5. The van der Waals surface area contributed by atoms with Gasteiger partial charge in [0.15, 0.2) is 0 Å². The van der Waals surface area contributed by atoms with Gasteiger partial charge < -0.3 is 9.47 Å². The molecule has 2 rings (SSSR count). The zero-order valence-corrected chi connectivity index (χ0v) is 12.2. The summed E-state index contributed by atoms with van der Waals surface area (Å²) in [6.45, 7) is 2.67. The van der Waals surface area contributed by atoms with Gasteiger partial charge in [-0.2, -0.15) is 0 Å². The van der Waals surface area contributed by atoms with Crippen molar-refractivity contribution in [1.29, 1.82) is 0 Å². The second-order valence-electron chi connectivity index (χ2n) is 4.26. The molecule has 0 saturated heterocycles. The lowest BCUT2D eigenvalue weighted by Gasteiger charge is -2.09. The summed E-state index contributed by atoms with van der Waals surface area (Å²) < 4.78 is 10.1. The van der Waals surface area contributed by atoms with Crippen LogP contribution in [0.3, 0.4) is 0 Å². The number of hydrogen-bond acceptors (Lipinski definition) is 4. The Hall–Kier alpha value is -1.65. The monoisotopic (exact) mass is 293 g/mol. The van der Waals surface area contributed by atoms with Crippen LogP contribution in [0.2, 0.25) is 5.02 Å². The quantitative estimate of drug-likeness (QED) is 0.794. The predicted octanol–water partition coefficient (Wildman–Crippen LogP) is 3.25. The molecule has 1 heterocycles. The predicted molar refractivity (Wildman–Crippen MR) is 78.3 cm³/mol. The number of pyridine rings is 1. The molecule has 0 atom stereocenters. The highest BCUT2D eigenvalue weighted by Crippen LogP contribution is 2.28. The summed E-state index contributed by atoms with van der Waals surface area (Å²) in [5, 5.41) is 1.14. The number of methoxy groups -OCH3 is 1. The van der Waals surface area contributed by atoms with Crippen LogP contribution < -0.4 is 0 Å². The van der Waals surface area contributed by atoms with Gasteiger partial charge in [0.1, 0.15) is 0 Å². The summed E-state index contributed by atoms with van der Waals surface area (Å²) in [5.74, 6) is -0.450. The lowest BCUT2D eigenvalue weighted by molar-refractivity contribution is 0.0526. The van der Waals surface area contributed by atoms with Crippen molar-refractivity contribution in [3.8, 4) is 0 Å². The van der Waals surface area contributed by atoms with Crippen LogP contribution >= 0.6 is 11.6 Å². The molecule has 2 aromatic rings. The van der Waals surface area contributed by atoms with Gasteiger partial charge in [-0.15, -0.1) is 0 Å². The SMILES string of the molecule is CCOC(=O)c1cnc2c(CCOC)cccc2c1Cl. The molecule has 0 aliphatic rings. The Labute approximate surface area is 122 Å². The third kappa shape index (κ3) is 2.92. The van der Waals surface area contributed by atoms with Crippen molar-refractivity contribution in [2.24, 2.45) is 0 Å². The molecule has 0 unspecified atom stereocenters. The van der Waals surface area contributed by atoms with Gasteiger partial charge in [-0.3, -0.25) is 4.98 Å². The van der Waals surface area contributed by atoms with E-state index in [1.807, 2.05) is 18.2 Å². The minimum Gasteiger partial charge on any atom is -0.462 e. The van der Waals surface area contributed by atoms with Crippen molar-refractivity contribution in [2.45, 2.75) is 13.3 Å². The van der Waals surface area contributed by atoms with E-state index in [1.54, 1.807) is 14.0 Å². The fourth-order valence-electron chi connectivity index (χ4n) is 2.02. The van der Waals surface area contributed by atoms with Crippen LogP contribution in [0.5, 0.6) is 0 Å². The maximum absolute atomic E-state index is 11.8. The first-order valence-corrected chi connectivity index (χ1v) is 6.79. The molecule has 106 valence electrons. The highest BCUT2D eigenvalue weighted by Gasteiger charge is 2.16. The summed E-state index contributed by atoms with van der Waals surface area (Å²) >= 11 is 6.31. The highest BCUT2D eigenvalue weighted by molar-refractivity contribution is 6.38. The van der Waals surface area contributed by atoms with Crippen LogP contribution in [0.25, 0.3) is 10.9 Å². The van der Waals surface area contributed by atoms with Gasteiger partial charge in [-0.05, 0) is 18.9 Å². The van der Waals surface area contributed by atoms with Gasteiger partial charge in [0.2, 0.25) is 0 Å². The van der Waals surface area contributed by atoms with Crippen molar-refractivity contribution in [2.75, 3.05) is 20.3 Å². The third-order valence-electron chi connectivity index (χ3n) is 2.99. The van der Waals surface area contributed by atoms with Crippen LogP contribution in [0.15, 0.2) is 24.4 Å². The average Bonchev–Trinajstić information content (AvgIpc) is 2.46. The Morgan fingerprint density at radius 1 is 1.40 bits per heavy atom. The lowest BCUT2D eigenvalue weighted by Crippen LogP contribution is -2.07. The number of fused-ring (bicyclic) bond motifs is 1. The number of nitrogens with zero attached hydrogens (tertiary/aromatic N) is 1. The van der Waals surface area contributed by atoms with Crippen molar-refractivity contribution >= 4 is 28.5 Å². The molecule has 1 aromatic heterocycles. The summed E-state index contributed by atoms with van der Waals surface area (Å²) in [4.78, 5) is 16.2. The fourth-order valence-corrected chi connectivity index (χ4v) is 2.30. The first-order chi connectivity index (χ1) is 9.69. The van der Waals surface area contributed by atoms with E-state index in [2.05, 4.69) is 4.98 Å². The number of carbonyl (C=O) groups is 1. The van der Waals surface area contributed by atoms with E-state index in [1.165, 1.54) is 6.20 Å². The fraction of sp³-hybridized carbons (Fsp3) is 0.333. The summed E-state index contributed by atoms with van der Waals surface area (Å²) in [6.07, 6.45) is 2.22. The lowest BCUT2D eigenvalue weighted by atomic mass is 10.1. The number of esters is 1. The van der Waals surface area contributed by atoms with Gasteiger partial charge in [0.25, 0.3) is 0 Å². The zero-order chi connectivity index (χ0) is 14.5. The largest absolute Gasteiger partial charge is 0.462 e. The van der Waals surface area contributed by atoms with Gasteiger partial charge in [-0.1, -0.05) is 29.8 Å². The van der Waals surface area contributed by atoms with Crippen molar-refractivity contribution in [3.05, 3.63) is 40.5 Å². The maximum Gasteiger partial charge on any atom is 0.341 e. The van der Waals surface area contributed by atoms with Crippen molar-refractivity contribution in [1.82, 2.24) is 4.98 Å². The van der Waals surface area contributed by atoms with Gasteiger partial charge >= 0.3 is 5.97 Å². The molecule has 4 nitrogen and oxygen atoms in total. The first-order valence-electron chi connectivity index (χ1n) is 6.41. The molecule has 0 amide bonds.